The Hall–Kier alpha value is -5.06. The molecule has 0 spiro atoms. The van der Waals surface area contributed by atoms with Gasteiger partial charge in [0.05, 0.1) is 23.3 Å². The van der Waals surface area contributed by atoms with E-state index in [2.05, 4.69) is 9.88 Å². The van der Waals surface area contributed by atoms with Crippen molar-refractivity contribution in [3.63, 3.8) is 0 Å². The van der Waals surface area contributed by atoms with Crippen LogP contribution >= 0.6 is 11.3 Å². The molecule has 7 nitrogen and oxygen atoms in total. The molecule has 3 aromatic heterocycles. The van der Waals surface area contributed by atoms with Gasteiger partial charge in [0.25, 0.3) is 5.56 Å². The Morgan fingerprint density at radius 2 is 1.58 bits per heavy atom. The maximum absolute atomic E-state index is 15.0. The molecule has 244 valence electrons. The van der Waals surface area contributed by atoms with Crippen LogP contribution in [-0.2, 0) is 24.3 Å². The summed E-state index contributed by atoms with van der Waals surface area (Å²) in [4.78, 5) is 48.5. The van der Waals surface area contributed by atoms with Crippen molar-refractivity contribution in [3.05, 3.63) is 152 Å². The van der Waals surface area contributed by atoms with Gasteiger partial charge in [-0.15, -0.1) is 11.3 Å². The van der Waals surface area contributed by atoms with Crippen LogP contribution < -0.4 is 11.2 Å². The average molecular weight is 665 g/mol. The molecular formula is C38H34F2N4O3S. The Balaban J connectivity index is 1.62. The molecule has 1 unspecified atom stereocenters. The zero-order valence-electron chi connectivity index (χ0n) is 26.8. The molecule has 0 amide bonds. The maximum Gasteiger partial charge on any atom is 0.337 e. The van der Waals surface area contributed by atoms with E-state index in [1.165, 1.54) is 22.0 Å². The molecule has 3 heterocycles. The Bertz CT molecular complexity index is 2190. The van der Waals surface area contributed by atoms with Crippen molar-refractivity contribution in [2.24, 2.45) is 0 Å². The molecule has 0 N–H and O–H groups in total. The Morgan fingerprint density at radius 3 is 2.23 bits per heavy atom. The number of para-hydroxylation sites is 1. The van der Waals surface area contributed by atoms with Crippen LogP contribution in [0.3, 0.4) is 0 Å². The van der Waals surface area contributed by atoms with Gasteiger partial charge in [0.15, 0.2) is 0 Å². The second kappa shape index (κ2) is 14.0. The highest BCUT2D eigenvalue weighted by Crippen LogP contribution is 2.39. The number of carbonyl (C=O) groups excluding carboxylic acids is 1. The number of rotatable bonds is 11. The SMILES string of the molecule is CCC(=O)Cc1ccc(-c2sc3c(c2CN(C)C(C)c2ccccn2)c(=O)n(-c2ccccc2)c(=O)n3Cc2c(F)cccc2F)cc1. The first kappa shape index (κ1) is 32.9. The number of nitrogens with zero attached hydrogens (tertiary/aromatic N) is 4. The van der Waals surface area contributed by atoms with Crippen LogP contribution in [-0.4, -0.2) is 31.8 Å². The third kappa shape index (κ3) is 6.41. The van der Waals surface area contributed by atoms with Crippen molar-refractivity contribution in [1.82, 2.24) is 19.0 Å². The van der Waals surface area contributed by atoms with Gasteiger partial charge in [-0.3, -0.25) is 24.0 Å². The summed E-state index contributed by atoms with van der Waals surface area (Å²) < 4.78 is 32.4. The summed E-state index contributed by atoms with van der Waals surface area (Å²) in [5.41, 5.74) is 2.02. The largest absolute Gasteiger partial charge is 0.337 e. The Labute approximate surface area is 280 Å². The van der Waals surface area contributed by atoms with Crippen LogP contribution in [0.25, 0.3) is 26.3 Å². The topological polar surface area (TPSA) is 77.2 Å². The van der Waals surface area contributed by atoms with E-state index in [0.29, 0.717) is 40.9 Å². The first-order valence-electron chi connectivity index (χ1n) is 15.7. The summed E-state index contributed by atoms with van der Waals surface area (Å²) in [7, 11) is 1.94. The lowest BCUT2D eigenvalue weighted by atomic mass is 10.0. The third-order valence-corrected chi connectivity index (χ3v) is 9.97. The van der Waals surface area contributed by atoms with E-state index in [1.807, 2.05) is 63.4 Å². The van der Waals surface area contributed by atoms with Gasteiger partial charge in [0.1, 0.15) is 22.2 Å². The number of pyridine rings is 1. The smallest absolute Gasteiger partial charge is 0.299 e. The van der Waals surface area contributed by atoms with Crippen molar-refractivity contribution in [2.75, 3.05) is 7.05 Å². The predicted octanol–water partition coefficient (Wildman–Crippen LogP) is 7.32. The van der Waals surface area contributed by atoms with E-state index in [1.54, 1.807) is 36.5 Å². The highest BCUT2D eigenvalue weighted by Gasteiger charge is 2.27. The van der Waals surface area contributed by atoms with Gasteiger partial charge in [0.2, 0.25) is 0 Å². The lowest BCUT2D eigenvalue weighted by Gasteiger charge is -2.24. The molecule has 3 aromatic carbocycles. The molecule has 0 bridgehead atoms. The van der Waals surface area contributed by atoms with Crippen molar-refractivity contribution < 1.29 is 13.6 Å². The molecule has 1 atom stereocenters. The fourth-order valence-corrected chi connectivity index (χ4v) is 7.10. The summed E-state index contributed by atoms with van der Waals surface area (Å²) in [6, 6.07) is 25.3. The van der Waals surface area contributed by atoms with Crippen LogP contribution in [0.2, 0.25) is 0 Å². The van der Waals surface area contributed by atoms with Gasteiger partial charge in [0, 0.05) is 42.1 Å². The van der Waals surface area contributed by atoms with Crippen molar-refractivity contribution in [2.45, 2.75) is 45.8 Å². The van der Waals surface area contributed by atoms with Gasteiger partial charge in [-0.05, 0) is 67.1 Å². The number of thiophene rings is 1. The van der Waals surface area contributed by atoms with Crippen LogP contribution in [0.5, 0.6) is 0 Å². The van der Waals surface area contributed by atoms with E-state index in [4.69, 9.17) is 0 Å². The third-order valence-electron chi connectivity index (χ3n) is 8.66. The quantitative estimate of drug-likeness (QED) is 0.145. The molecule has 0 aliphatic carbocycles. The van der Waals surface area contributed by atoms with Crippen molar-refractivity contribution in [3.8, 4) is 16.1 Å². The number of ketones is 1. The summed E-state index contributed by atoms with van der Waals surface area (Å²) >= 11 is 1.24. The minimum atomic E-state index is -0.786. The summed E-state index contributed by atoms with van der Waals surface area (Å²) in [6.45, 7) is 3.74. The van der Waals surface area contributed by atoms with Gasteiger partial charge >= 0.3 is 5.69 Å². The number of halogens is 2. The highest BCUT2D eigenvalue weighted by atomic mass is 32.1. The van der Waals surface area contributed by atoms with E-state index < -0.39 is 29.4 Å². The molecule has 10 heteroatoms. The fourth-order valence-electron chi connectivity index (χ4n) is 5.80. The number of Topliss-reactive ketones (excluding diaryl/α,β-unsaturated/α-hetero) is 1. The second-order valence-corrected chi connectivity index (χ2v) is 12.7. The van der Waals surface area contributed by atoms with Crippen LogP contribution in [0.4, 0.5) is 8.78 Å². The zero-order valence-corrected chi connectivity index (χ0v) is 27.6. The monoisotopic (exact) mass is 664 g/mol. The van der Waals surface area contributed by atoms with Gasteiger partial charge in [-0.2, -0.15) is 0 Å². The van der Waals surface area contributed by atoms with Gasteiger partial charge < -0.3 is 0 Å². The summed E-state index contributed by atoms with van der Waals surface area (Å²) in [5, 5.41) is 0.292. The first-order valence-corrected chi connectivity index (χ1v) is 16.5. The lowest BCUT2D eigenvalue weighted by Crippen LogP contribution is -2.39. The molecule has 0 fully saturated rings. The first-order chi connectivity index (χ1) is 23.2. The van der Waals surface area contributed by atoms with Crippen LogP contribution in [0.15, 0.2) is 107 Å². The van der Waals surface area contributed by atoms with E-state index in [9.17, 15) is 14.4 Å². The van der Waals surface area contributed by atoms with Crippen LogP contribution in [0, 0.1) is 11.6 Å². The second-order valence-electron chi connectivity index (χ2n) is 11.7. The van der Waals surface area contributed by atoms with Crippen molar-refractivity contribution in [1.29, 1.82) is 0 Å². The van der Waals surface area contributed by atoms with E-state index in [-0.39, 0.29) is 17.4 Å². The minimum absolute atomic E-state index is 0.126. The molecule has 6 rings (SSSR count). The average Bonchev–Trinajstić information content (AvgIpc) is 3.47. The summed E-state index contributed by atoms with van der Waals surface area (Å²) in [6.07, 6.45) is 2.49. The zero-order chi connectivity index (χ0) is 33.9. The van der Waals surface area contributed by atoms with E-state index >= 15 is 8.78 Å². The number of benzene rings is 3. The number of hydrogen-bond donors (Lipinski definition) is 0. The van der Waals surface area contributed by atoms with Crippen LogP contribution in [0.1, 0.15) is 48.7 Å². The highest BCUT2D eigenvalue weighted by molar-refractivity contribution is 7.22. The molecule has 0 saturated carbocycles. The molecule has 0 saturated heterocycles. The van der Waals surface area contributed by atoms with Gasteiger partial charge in [-0.1, -0.05) is 61.5 Å². The predicted molar refractivity (Wildman–Crippen MR) is 186 cm³/mol. The van der Waals surface area contributed by atoms with Gasteiger partial charge in [-0.25, -0.2) is 18.1 Å². The standard InChI is InChI=1S/C38H34F2N4O3S/c1-4-28(45)21-25-16-18-26(19-17-25)35-30(22-42(3)24(2)33-15-8-9-20-41-33)34-36(46)44(27-11-6-5-7-12-27)38(47)43(37(34)48-35)23-29-31(39)13-10-14-32(29)40/h5-20,24H,4,21-23H2,1-3H3. The molecule has 6 aromatic rings. The molecular weight excluding hydrogens is 631 g/mol. The summed E-state index contributed by atoms with van der Waals surface area (Å²) in [5.74, 6) is -1.45. The number of hydrogen-bond acceptors (Lipinski definition) is 6. The Kier molecular flexibility index (Phi) is 9.56. The number of fused-ring (bicyclic) bond motifs is 1. The maximum atomic E-state index is 15.0. The van der Waals surface area contributed by atoms with E-state index in [0.717, 1.165) is 38.4 Å². The lowest BCUT2D eigenvalue weighted by molar-refractivity contribution is -0.118. The van der Waals surface area contributed by atoms with Crippen molar-refractivity contribution >= 4 is 27.3 Å². The molecule has 0 aliphatic heterocycles. The number of aromatic nitrogens is 3. The molecule has 0 aliphatic rings. The molecule has 48 heavy (non-hydrogen) atoms. The minimum Gasteiger partial charge on any atom is -0.299 e. The molecule has 0 radical (unpaired) electrons. The number of carbonyl (C=O) groups is 1. The fraction of sp³-hybridized carbons (Fsp3) is 0.211. The Morgan fingerprint density at radius 1 is 0.896 bits per heavy atom. The normalized spacial score (nSPS) is 12.1.